The van der Waals surface area contributed by atoms with Gasteiger partial charge in [-0.2, -0.15) is 13.2 Å². The van der Waals surface area contributed by atoms with Gasteiger partial charge in [0.2, 0.25) is 0 Å². The molecule has 5 heteroatoms. The molecule has 0 saturated carbocycles. The second kappa shape index (κ2) is 4.08. The Morgan fingerprint density at radius 3 is 2.47 bits per heavy atom. The number of benzene rings is 1. The highest BCUT2D eigenvalue weighted by Gasteiger charge is 2.30. The number of nitrogens with zero attached hydrogens (tertiary/aromatic N) is 1. The van der Waals surface area contributed by atoms with E-state index in [0.29, 0.717) is 0 Å². The van der Waals surface area contributed by atoms with Gasteiger partial charge in [0.05, 0.1) is 5.56 Å². The van der Waals surface area contributed by atoms with Gasteiger partial charge in [-0.15, -0.1) is 0 Å². The highest BCUT2D eigenvalue weighted by Crippen LogP contribution is 2.33. The molecule has 1 N–H and O–H groups in total. The Morgan fingerprint density at radius 1 is 1.06 bits per heavy atom. The molecule has 0 spiro atoms. The van der Waals surface area contributed by atoms with Gasteiger partial charge in [-0.25, -0.2) is 0 Å². The summed E-state index contributed by atoms with van der Waals surface area (Å²) in [5.41, 5.74) is -0.392. The van der Waals surface area contributed by atoms with Crippen molar-refractivity contribution in [1.29, 1.82) is 0 Å². The van der Waals surface area contributed by atoms with Gasteiger partial charge in [-0.3, -0.25) is 4.98 Å². The lowest BCUT2D eigenvalue weighted by molar-refractivity contribution is -0.137. The third kappa shape index (κ3) is 2.38. The van der Waals surface area contributed by atoms with Gasteiger partial charge in [0, 0.05) is 11.8 Å². The summed E-state index contributed by atoms with van der Waals surface area (Å²) in [4.78, 5) is 3.85. The second-order valence-corrected chi connectivity index (χ2v) is 3.45. The van der Waals surface area contributed by atoms with Crippen LogP contribution in [0, 0.1) is 0 Å². The van der Waals surface area contributed by atoms with Crippen LogP contribution in [0.25, 0.3) is 11.3 Å². The van der Waals surface area contributed by atoms with E-state index in [9.17, 15) is 18.3 Å². The molecule has 1 aromatic carbocycles. The molecular formula is C12H8F3NO. The molecule has 2 rings (SSSR count). The molecular weight excluding hydrogens is 231 g/mol. The van der Waals surface area contributed by atoms with Crippen LogP contribution in [0.1, 0.15) is 5.56 Å². The SMILES string of the molecule is Oc1cccnc1-c1cccc(C(F)(F)F)c1. The van der Waals surface area contributed by atoms with E-state index in [0.717, 1.165) is 12.1 Å². The Balaban J connectivity index is 2.51. The summed E-state index contributed by atoms with van der Waals surface area (Å²) in [5.74, 6) is -0.146. The van der Waals surface area contributed by atoms with Crippen LogP contribution in [-0.2, 0) is 6.18 Å². The maximum Gasteiger partial charge on any atom is 0.416 e. The van der Waals surface area contributed by atoms with Crippen molar-refractivity contribution in [2.45, 2.75) is 6.18 Å². The van der Waals surface area contributed by atoms with Crippen LogP contribution >= 0.6 is 0 Å². The van der Waals surface area contributed by atoms with Gasteiger partial charge in [0.15, 0.2) is 0 Å². The fraction of sp³-hybridized carbons (Fsp3) is 0.0833. The molecule has 0 aliphatic rings. The van der Waals surface area contributed by atoms with Crippen LogP contribution in [0.2, 0.25) is 0 Å². The van der Waals surface area contributed by atoms with Crippen molar-refractivity contribution in [3.63, 3.8) is 0 Å². The Bertz CT molecular complexity index is 537. The highest BCUT2D eigenvalue weighted by molar-refractivity contribution is 5.66. The highest BCUT2D eigenvalue weighted by atomic mass is 19.4. The maximum atomic E-state index is 12.5. The summed E-state index contributed by atoms with van der Waals surface area (Å²) in [6.45, 7) is 0. The number of aromatic nitrogens is 1. The minimum Gasteiger partial charge on any atom is -0.506 e. The lowest BCUT2D eigenvalue weighted by atomic mass is 10.1. The zero-order chi connectivity index (χ0) is 12.5. The third-order valence-electron chi connectivity index (χ3n) is 2.25. The molecule has 88 valence electrons. The molecule has 0 bridgehead atoms. The molecule has 0 saturated heterocycles. The smallest absolute Gasteiger partial charge is 0.416 e. The Kier molecular flexibility index (Phi) is 2.75. The molecule has 0 amide bonds. The second-order valence-electron chi connectivity index (χ2n) is 3.45. The largest absolute Gasteiger partial charge is 0.506 e. The molecule has 0 atom stereocenters. The molecule has 0 unspecified atom stereocenters. The van der Waals surface area contributed by atoms with Crippen LogP contribution in [0.15, 0.2) is 42.6 Å². The van der Waals surface area contributed by atoms with Gasteiger partial charge in [-0.05, 0) is 24.3 Å². The number of hydrogen-bond acceptors (Lipinski definition) is 2. The van der Waals surface area contributed by atoms with Crippen LogP contribution in [0.3, 0.4) is 0 Å². The minimum atomic E-state index is -4.40. The van der Waals surface area contributed by atoms with Gasteiger partial charge in [0.1, 0.15) is 11.4 Å². The lowest BCUT2D eigenvalue weighted by Gasteiger charge is -2.09. The first kappa shape index (κ1) is 11.4. The molecule has 0 aliphatic heterocycles. The van der Waals surface area contributed by atoms with E-state index in [4.69, 9.17) is 0 Å². The summed E-state index contributed by atoms with van der Waals surface area (Å²) >= 11 is 0. The topological polar surface area (TPSA) is 33.1 Å². The third-order valence-corrected chi connectivity index (χ3v) is 2.25. The van der Waals surface area contributed by atoms with Crippen LogP contribution in [-0.4, -0.2) is 10.1 Å². The molecule has 1 aromatic heterocycles. The molecule has 2 aromatic rings. The van der Waals surface area contributed by atoms with E-state index in [1.165, 1.54) is 30.5 Å². The van der Waals surface area contributed by atoms with Crippen molar-refractivity contribution in [2.75, 3.05) is 0 Å². The summed E-state index contributed by atoms with van der Waals surface area (Å²) in [5, 5.41) is 9.51. The molecule has 1 heterocycles. The van der Waals surface area contributed by atoms with E-state index < -0.39 is 11.7 Å². The van der Waals surface area contributed by atoms with E-state index >= 15 is 0 Å². The molecule has 0 fully saturated rings. The monoisotopic (exact) mass is 239 g/mol. The van der Waals surface area contributed by atoms with E-state index in [2.05, 4.69) is 4.98 Å². The Labute approximate surface area is 95.4 Å². The van der Waals surface area contributed by atoms with Gasteiger partial charge in [-0.1, -0.05) is 12.1 Å². The Hall–Kier alpha value is -2.04. The van der Waals surface area contributed by atoms with Crippen molar-refractivity contribution in [3.8, 4) is 17.0 Å². The van der Waals surface area contributed by atoms with Crippen molar-refractivity contribution >= 4 is 0 Å². The summed E-state index contributed by atoms with van der Waals surface area (Å²) in [6.07, 6.45) is -2.99. The average Bonchev–Trinajstić information content (AvgIpc) is 2.29. The molecule has 17 heavy (non-hydrogen) atoms. The maximum absolute atomic E-state index is 12.5. The number of alkyl halides is 3. The quantitative estimate of drug-likeness (QED) is 0.826. The number of rotatable bonds is 1. The predicted octanol–water partition coefficient (Wildman–Crippen LogP) is 3.47. The van der Waals surface area contributed by atoms with Gasteiger partial charge < -0.3 is 5.11 Å². The molecule has 0 radical (unpaired) electrons. The standard InChI is InChI=1S/C12H8F3NO/c13-12(14,15)9-4-1-3-8(7-9)11-10(17)5-2-6-16-11/h1-7,17H. The number of pyridine rings is 1. The van der Waals surface area contributed by atoms with Crippen LogP contribution in [0.5, 0.6) is 5.75 Å². The fourth-order valence-corrected chi connectivity index (χ4v) is 1.46. The van der Waals surface area contributed by atoms with E-state index in [-0.39, 0.29) is 17.0 Å². The number of hydrogen-bond donors (Lipinski definition) is 1. The lowest BCUT2D eigenvalue weighted by Crippen LogP contribution is -2.04. The summed E-state index contributed by atoms with van der Waals surface area (Å²) in [6, 6.07) is 7.57. The van der Waals surface area contributed by atoms with Crippen LogP contribution in [0.4, 0.5) is 13.2 Å². The zero-order valence-corrected chi connectivity index (χ0v) is 8.57. The fourth-order valence-electron chi connectivity index (χ4n) is 1.46. The predicted molar refractivity (Wildman–Crippen MR) is 56.3 cm³/mol. The van der Waals surface area contributed by atoms with Crippen LogP contribution < -0.4 is 0 Å². The summed E-state index contributed by atoms with van der Waals surface area (Å²) < 4.78 is 37.5. The summed E-state index contributed by atoms with van der Waals surface area (Å²) in [7, 11) is 0. The zero-order valence-electron chi connectivity index (χ0n) is 8.57. The van der Waals surface area contributed by atoms with Gasteiger partial charge in [0.25, 0.3) is 0 Å². The molecule has 2 nitrogen and oxygen atoms in total. The normalized spacial score (nSPS) is 11.5. The van der Waals surface area contributed by atoms with Crippen molar-refractivity contribution in [2.24, 2.45) is 0 Å². The van der Waals surface area contributed by atoms with E-state index in [1.807, 2.05) is 0 Å². The van der Waals surface area contributed by atoms with Gasteiger partial charge >= 0.3 is 6.18 Å². The first-order chi connectivity index (χ1) is 7.98. The number of aromatic hydroxyl groups is 1. The van der Waals surface area contributed by atoms with Crippen molar-refractivity contribution in [3.05, 3.63) is 48.2 Å². The van der Waals surface area contributed by atoms with Crippen molar-refractivity contribution in [1.82, 2.24) is 4.98 Å². The van der Waals surface area contributed by atoms with E-state index in [1.54, 1.807) is 0 Å². The minimum absolute atomic E-state index is 0.138. The Morgan fingerprint density at radius 2 is 1.82 bits per heavy atom. The first-order valence-electron chi connectivity index (χ1n) is 4.80. The number of halogens is 3. The van der Waals surface area contributed by atoms with Crippen molar-refractivity contribution < 1.29 is 18.3 Å². The molecule has 0 aliphatic carbocycles. The average molecular weight is 239 g/mol. The first-order valence-corrected chi connectivity index (χ1v) is 4.80.